The van der Waals surface area contributed by atoms with E-state index < -0.39 is 0 Å². The first-order valence-electron chi connectivity index (χ1n) is 3.90. The van der Waals surface area contributed by atoms with Crippen LogP contribution in [0.4, 0.5) is 0 Å². The summed E-state index contributed by atoms with van der Waals surface area (Å²) in [7, 11) is 0. The van der Waals surface area contributed by atoms with Gasteiger partial charge in [0.1, 0.15) is 0 Å². The van der Waals surface area contributed by atoms with Crippen LogP contribution in [0.1, 0.15) is 10.8 Å². The molecule has 3 heteroatoms. The largest absolute Gasteiger partial charge is 0.326 e. The molecule has 0 radical (unpaired) electrons. The molecule has 1 aromatic rings. The molecule has 64 valence electrons. The number of nitrogens with two attached hydrogens (primary N) is 1. The molecule has 2 atom stereocenters. The zero-order valence-corrected chi connectivity index (χ0v) is 8.94. The molecule has 12 heavy (non-hydrogen) atoms. The summed E-state index contributed by atoms with van der Waals surface area (Å²) in [4.78, 5) is 0. The first-order chi connectivity index (χ1) is 5.79. The van der Waals surface area contributed by atoms with Gasteiger partial charge in [-0.2, -0.15) is 11.8 Å². The van der Waals surface area contributed by atoms with Crippen LogP contribution in [0.2, 0.25) is 0 Å². The Balaban J connectivity index is 2.27. The summed E-state index contributed by atoms with van der Waals surface area (Å²) in [6.07, 6.45) is 0. The molecule has 1 nitrogen and oxygen atoms in total. The quantitative estimate of drug-likeness (QED) is 0.821. The van der Waals surface area contributed by atoms with E-state index in [0.29, 0.717) is 11.3 Å². The van der Waals surface area contributed by atoms with E-state index in [-0.39, 0.29) is 0 Å². The minimum atomic E-state index is 0.341. The summed E-state index contributed by atoms with van der Waals surface area (Å²) in [6, 6.07) is 8.64. The molecule has 0 amide bonds. The van der Waals surface area contributed by atoms with Crippen molar-refractivity contribution in [3.8, 4) is 0 Å². The predicted octanol–water partition coefficient (Wildman–Crippen LogP) is 2.56. The third-order valence-electron chi connectivity index (χ3n) is 2.07. The highest BCUT2D eigenvalue weighted by Gasteiger charge is 2.30. The Hall–Kier alpha value is 0.01000. The van der Waals surface area contributed by atoms with Crippen molar-refractivity contribution in [2.45, 2.75) is 11.3 Å². The van der Waals surface area contributed by atoms with Crippen LogP contribution < -0.4 is 5.73 Å². The van der Waals surface area contributed by atoms with Crippen molar-refractivity contribution in [2.24, 2.45) is 5.73 Å². The number of hydrogen-bond donors (Lipinski definition) is 1. The Morgan fingerprint density at radius 2 is 2.17 bits per heavy atom. The van der Waals surface area contributed by atoms with Gasteiger partial charge >= 0.3 is 0 Å². The molecular formula is C9H10BrNS. The van der Waals surface area contributed by atoms with Gasteiger partial charge in [-0.3, -0.25) is 0 Å². The van der Waals surface area contributed by atoms with Crippen LogP contribution in [0.25, 0.3) is 0 Å². The number of hydrogen-bond acceptors (Lipinski definition) is 2. The molecule has 0 aliphatic carbocycles. The Morgan fingerprint density at radius 3 is 2.67 bits per heavy atom. The Labute approximate surface area is 84.9 Å². The smallest absolute Gasteiger partial charge is 0.0468 e. The van der Waals surface area contributed by atoms with E-state index in [2.05, 4.69) is 34.1 Å². The second-order valence-electron chi connectivity index (χ2n) is 2.94. The van der Waals surface area contributed by atoms with Crippen LogP contribution in [0.15, 0.2) is 28.7 Å². The Bertz CT molecular complexity index is 290. The van der Waals surface area contributed by atoms with Gasteiger partial charge in [-0.05, 0) is 11.6 Å². The zero-order valence-electron chi connectivity index (χ0n) is 6.53. The minimum absolute atomic E-state index is 0.341. The maximum Gasteiger partial charge on any atom is 0.0468 e. The van der Waals surface area contributed by atoms with Crippen LogP contribution in [0.3, 0.4) is 0 Å². The van der Waals surface area contributed by atoms with Crippen LogP contribution >= 0.6 is 27.7 Å². The summed E-state index contributed by atoms with van der Waals surface area (Å²) in [6.45, 7) is 0. The van der Waals surface area contributed by atoms with Crippen molar-refractivity contribution in [2.75, 3.05) is 5.75 Å². The molecule has 1 aliphatic rings. The van der Waals surface area contributed by atoms with Gasteiger partial charge in [0, 0.05) is 21.5 Å². The maximum absolute atomic E-state index is 5.88. The van der Waals surface area contributed by atoms with Gasteiger partial charge in [0.05, 0.1) is 0 Å². The molecule has 0 spiro atoms. The predicted molar refractivity (Wildman–Crippen MR) is 57.3 cm³/mol. The van der Waals surface area contributed by atoms with Crippen molar-refractivity contribution in [3.63, 3.8) is 0 Å². The summed E-state index contributed by atoms with van der Waals surface area (Å²) >= 11 is 5.46. The van der Waals surface area contributed by atoms with Gasteiger partial charge < -0.3 is 5.73 Å². The number of thioether (sulfide) groups is 1. The highest BCUT2D eigenvalue weighted by Crippen LogP contribution is 2.43. The first-order valence-corrected chi connectivity index (χ1v) is 5.75. The third kappa shape index (κ3) is 1.41. The molecular weight excluding hydrogens is 234 g/mol. The zero-order chi connectivity index (χ0) is 8.55. The molecule has 0 aromatic heterocycles. The van der Waals surface area contributed by atoms with E-state index in [4.69, 9.17) is 5.73 Å². The fourth-order valence-corrected chi connectivity index (χ4v) is 3.00. The summed E-state index contributed by atoms with van der Waals surface area (Å²) in [5, 5.41) is 0.501. The highest BCUT2D eigenvalue weighted by molar-refractivity contribution is 9.10. The molecule has 2 N–H and O–H groups in total. The fourth-order valence-electron chi connectivity index (χ4n) is 1.33. The van der Waals surface area contributed by atoms with Crippen LogP contribution in [-0.4, -0.2) is 11.8 Å². The number of halogens is 1. The van der Waals surface area contributed by atoms with Crippen LogP contribution in [0.5, 0.6) is 0 Å². The normalized spacial score (nSPS) is 28.2. The van der Waals surface area contributed by atoms with E-state index in [1.165, 1.54) is 10.0 Å². The lowest BCUT2D eigenvalue weighted by Crippen LogP contribution is -2.37. The van der Waals surface area contributed by atoms with Crippen molar-refractivity contribution in [1.82, 2.24) is 0 Å². The van der Waals surface area contributed by atoms with E-state index in [9.17, 15) is 0 Å². The lowest BCUT2D eigenvalue weighted by Gasteiger charge is -2.33. The van der Waals surface area contributed by atoms with Crippen LogP contribution in [0, 0.1) is 0 Å². The van der Waals surface area contributed by atoms with Gasteiger partial charge in [-0.15, -0.1) is 0 Å². The molecule has 0 saturated carbocycles. The molecule has 1 saturated heterocycles. The molecule has 1 heterocycles. The number of benzene rings is 1. The minimum Gasteiger partial charge on any atom is -0.326 e. The number of rotatable bonds is 1. The van der Waals surface area contributed by atoms with E-state index >= 15 is 0 Å². The second-order valence-corrected chi connectivity index (χ2v) is 4.97. The van der Waals surface area contributed by atoms with Gasteiger partial charge in [0.2, 0.25) is 0 Å². The highest BCUT2D eigenvalue weighted by atomic mass is 79.9. The standard InChI is InChI=1S/C9H10BrNS/c10-7-4-2-1-3-6(7)9-8(11)5-12-9/h1-4,8-9H,5,11H2. The Morgan fingerprint density at radius 1 is 1.42 bits per heavy atom. The maximum atomic E-state index is 5.88. The molecule has 1 aromatic carbocycles. The van der Waals surface area contributed by atoms with Gasteiger partial charge in [0.25, 0.3) is 0 Å². The van der Waals surface area contributed by atoms with Crippen LogP contribution in [-0.2, 0) is 0 Å². The van der Waals surface area contributed by atoms with Gasteiger partial charge in [0.15, 0.2) is 0 Å². The summed E-state index contributed by atoms with van der Waals surface area (Å²) < 4.78 is 1.18. The average Bonchev–Trinajstić information content (AvgIpc) is 2.06. The SMILES string of the molecule is NC1CSC1c1ccccc1Br. The first kappa shape index (κ1) is 8.60. The third-order valence-corrected chi connectivity index (χ3v) is 4.33. The Kier molecular flexibility index (Phi) is 2.44. The summed E-state index contributed by atoms with van der Waals surface area (Å²) in [5.74, 6) is 1.09. The van der Waals surface area contributed by atoms with Crippen molar-refractivity contribution >= 4 is 27.7 Å². The van der Waals surface area contributed by atoms with Crippen molar-refractivity contribution in [3.05, 3.63) is 34.3 Å². The van der Waals surface area contributed by atoms with Crippen molar-refractivity contribution < 1.29 is 0 Å². The molecule has 2 rings (SSSR count). The lowest BCUT2D eigenvalue weighted by molar-refractivity contribution is 0.685. The summed E-state index contributed by atoms with van der Waals surface area (Å²) in [5.41, 5.74) is 7.22. The average molecular weight is 244 g/mol. The molecule has 0 bridgehead atoms. The monoisotopic (exact) mass is 243 g/mol. The second kappa shape index (κ2) is 3.40. The topological polar surface area (TPSA) is 26.0 Å². The molecule has 1 fully saturated rings. The van der Waals surface area contributed by atoms with Gasteiger partial charge in [-0.1, -0.05) is 34.1 Å². The van der Waals surface area contributed by atoms with E-state index in [1.54, 1.807) is 0 Å². The van der Waals surface area contributed by atoms with Crippen molar-refractivity contribution in [1.29, 1.82) is 0 Å². The van der Waals surface area contributed by atoms with Gasteiger partial charge in [-0.25, -0.2) is 0 Å². The fraction of sp³-hybridized carbons (Fsp3) is 0.333. The van der Waals surface area contributed by atoms with E-state index in [0.717, 1.165) is 5.75 Å². The lowest BCUT2D eigenvalue weighted by atomic mass is 10.1. The van der Waals surface area contributed by atoms with E-state index in [1.807, 2.05) is 17.8 Å². The molecule has 2 unspecified atom stereocenters. The molecule has 1 aliphatic heterocycles.